The normalized spacial score (nSPS) is 11.8. The Labute approximate surface area is 208 Å². The molecule has 188 valence electrons. The van der Waals surface area contributed by atoms with Gasteiger partial charge in [-0.25, -0.2) is 8.78 Å². The highest BCUT2D eigenvalue weighted by atomic mass is 19.1. The first-order valence-electron chi connectivity index (χ1n) is 11.1. The summed E-state index contributed by atoms with van der Waals surface area (Å²) in [5.74, 6) is -4.24. The maximum atomic E-state index is 15.0. The smallest absolute Gasteiger partial charge is 0.317 e. The molecule has 36 heavy (non-hydrogen) atoms. The van der Waals surface area contributed by atoms with Gasteiger partial charge in [-0.3, -0.25) is 19.3 Å². The average molecular weight is 496 g/mol. The predicted molar refractivity (Wildman–Crippen MR) is 133 cm³/mol. The number of ether oxygens (including phenoxy) is 1. The zero-order valence-electron chi connectivity index (χ0n) is 20.3. The van der Waals surface area contributed by atoms with Gasteiger partial charge in [0.05, 0.1) is 18.5 Å². The second-order valence-electron chi connectivity index (χ2n) is 8.98. The zero-order chi connectivity index (χ0) is 26.5. The van der Waals surface area contributed by atoms with Gasteiger partial charge in [0.15, 0.2) is 0 Å². The second kappa shape index (κ2) is 11.0. The van der Waals surface area contributed by atoms with Crippen LogP contribution in [-0.2, 0) is 14.4 Å². The van der Waals surface area contributed by atoms with E-state index in [4.69, 9.17) is 4.74 Å². The van der Waals surface area contributed by atoms with Crippen LogP contribution in [0, 0.1) is 11.6 Å². The molecule has 3 aromatic rings. The first-order valence-corrected chi connectivity index (χ1v) is 11.1. The number of nitrogens with one attached hydrogen (secondary N) is 2. The van der Waals surface area contributed by atoms with E-state index in [9.17, 15) is 18.8 Å². The van der Waals surface area contributed by atoms with Crippen LogP contribution < -0.4 is 20.3 Å². The summed E-state index contributed by atoms with van der Waals surface area (Å²) in [7, 11) is 1.47. The van der Waals surface area contributed by atoms with Gasteiger partial charge in [0.1, 0.15) is 23.4 Å². The van der Waals surface area contributed by atoms with Gasteiger partial charge in [-0.2, -0.15) is 0 Å². The lowest BCUT2D eigenvalue weighted by molar-refractivity contribution is -0.136. The molecule has 1 atom stereocenters. The third-order valence-corrected chi connectivity index (χ3v) is 5.08. The first kappa shape index (κ1) is 26.3. The van der Waals surface area contributed by atoms with Gasteiger partial charge < -0.3 is 15.4 Å². The van der Waals surface area contributed by atoms with Crippen molar-refractivity contribution in [1.82, 2.24) is 5.32 Å². The van der Waals surface area contributed by atoms with Crippen molar-refractivity contribution in [3.05, 3.63) is 90.0 Å². The summed E-state index contributed by atoms with van der Waals surface area (Å²) < 4.78 is 34.3. The fraction of sp³-hybridized carbons (Fsp3) is 0.222. The van der Waals surface area contributed by atoms with Crippen molar-refractivity contribution in [2.75, 3.05) is 17.3 Å². The van der Waals surface area contributed by atoms with Gasteiger partial charge in [0.25, 0.3) is 0 Å². The van der Waals surface area contributed by atoms with Crippen LogP contribution in [0.2, 0.25) is 0 Å². The number of anilines is 2. The predicted octanol–water partition coefficient (Wildman–Crippen LogP) is 4.60. The Morgan fingerprint density at radius 3 is 2.00 bits per heavy atom. The molecule has 0 heterocycles. The maximum absolute atomic E-state index is 15.0. The summed E-state index contributed by atoms with van der Waals surface area (Å²) in [6.45, 7) is 5.24. The molecule has 7 nitrogen and oxygen atoms in total. The Balaban J connectivity index is 2.14. The molecular formula is C27H27F2N3O4. The third kappa shape index (κ3) is 6.24. The molecule has 3 amide bonds. The van der Waals surface area contributed by atoms with Crippen molar-refractivity contribution in [1.29, 1.82) is 0 Å². The fourth-order valence-corrected chi connectivity index (χ4v) is 3.50. The molecule has 0 unspecified atom stereocenters. The number of carbonyl (C=O) groups is 3. The topological polar surface area (TPSA) is 87.7 Å². The number of nitrogens with zero attached hydrogens (tertiary/aromatic N) is 1. The van der Waals surface area contributed by atoms with Crippen molar-refractivity contribution in [3.63, 3.8) is 0 Å². The van der Waals surface area contributed by atoms with Crippen molar-refractivity contribution >= 4 is 29.1 Å². The van der Waals surface area contributed by atoms with Gasteiger partial charge in [-0.05, 0) is 62.7 Å². The van der Waals surface area contributed by atoms with Crippen LogP contribution in [0.5, 0.6) is 5.75 Å². The molecule has 3 rings (SSSR count). The first-order chi connectivity index (χ1) is 17.0. The lowest BCUT2D eigenvalue weighted by Gasteiger charge is -2.33. The molecule has 9 heteroatoms. The number of methoxy groups -OCH3 is 1. The van der Waals surface area contributed by atoms with Crippen molar-refractivity contribution in [2.45, 2.75) is 32.4 Å². The quantitative estimate of drug-likeness (QED) is 0.490. The number of carbonyl (C=O) groups excluding carboxylic acids is 3. The van der Waals surface area contributed by atoms with E-state index < -0.39 is 40.9 Å². The molecule has 0 aliphatic carbocycles. The Bertz CT molecular complexity index is 1260. The van der Waals surface area contributed by atoms with Crippen LogP contribution in [0.3, 0.4) is 0 Å². The molecule has 0 radical (unpaired) electrons. The Hall–Kier alpha value is -4.27. The van der Waals surface area contributed by atoms with Crippen LogP contribution in [-0.4, -0.2) is 30.4 Å². The molecule has 0 fully saturated rings. The minimum Gasteiger partial charge on any atom is -0.497 e. The van der Waals surface area contributed by atoms with E-state index in [2.05, 4.69) is 10.6 Å². The van der Waals surface area contributed by atoms with Crippen molar-refractivity contribution < 1.29 is 27.9 Å². The van der Waals surface area contributed by atoms with E-state index in [0.717, 1.165) is 17.0 Å². The lowest BCUT2D eigenvalue weighted by atomic mass is 10.0. The summed E-state index contributed by atoms with van der Waals surface area (Å²) in [6, 6.07) is 15.4. The molecule has 0 bridgehead atoms. The van der Waals surface area contributed by atoms with Crippen LogP contribution in [0.25, 0.3) is 0 Å². The monoisotopic (exact) mass is 495 g/mol. The molecule has 0 aromatic heterocycles. The van der Waals surface area contributed by atoms with Gasteiger partial charge in [0, 0.05) is 5.54 Å². The molecule has 0 aliphatic heterocycles. The third-order valence-electron chi connectivity index (χ3n) is 5.08. The van der Waals surface area contributed by atoms with Crippen molar-refractivity contribution in [2.24, 2.45) is 0 Å². The Morgan fingerprint density at radius 2 is 1.44 bits per heavy atom. The molecule has 3 aromatic carbocycles. The molecule has 0 saturated carbocycles. The van der Waals surface area contributed by atoms with Crippen LogP contribution in [0.1, 0.15) is 32.4 Å². The van der Waals surface area contributed by atoms with E-state index in [1.165, 1.54) is 43.5 Å². The van der Waals surface area contributed by atoms with E-state index in [1.54, 1.807) is 45.0 Å². The molecule has 0 spiro atoms. The number of amides is 3. The fourth-order valence-electron chi connectivity index (χ4n) is 3.50. The van der Waals surface area contributed by atoms with Gasteiger partial charge in [-0.1, -0.05) is 36.4 Å². The summed E-state index contributed by atoms with van der Waals surface area (Å²) in [4.78, 5) is 40.8. The van der Waals surface area contributed by atoms with E-state index in [-0.39, 0.29) is 11.4 Å². The number of rotatable bonds is 6. The lowest BCUT2D eigenvalue weighted by Crippen LogP contribution is -2.51. The number of benzene rings is 3. The standard InChI is InChI=1S/C27H27F2N3O4/c1-27(2,3)31-24(33)23(17-13-15-18(36-4)16-14-17)32(22-12-8-6-10-20(22)29)26(35)25(34)30-21-11-7-5-9-19(21)28/h5-16,23H,1-4H3,(H,30,34)(H,31,33)/t23-/m1/s1. The molecular weight excluding hydrogens is 468 g/mol. The zero-order valence-corrected chi connectivity index (χ0v) is 20.3. The van der Waals surface area contributed by atoms with Gasteiger partial charge in [-0.15, -0.1) is 0 Å². The van der Waals surface area contributed by atoms with E-state index in [1.807, 2.05) is 0 Å². The number of hydrogen-bond acceptors (Lipinski definition) is 4. The van der Waals surface area contributed by atoms with E-state index in [0.29, 0.717) is 11.3 Å². The van der Waals surface area contributed by atoms with Gasteiger partial charge >= 0.3 is 11.8 Å². The minimum absolute atomic E-state index is 0.232. The van der Waals surface area contributed by atoms with E-state index >= 15 is 4.39 Å². The maximum Gasteiger partial charge on any atom is 0.317 e. The van der Waals surface area contributed by atoms with Crippen LogP contribution in [0.15, 0.2) is 72.8 Å². The number of halogens is 2. The molecule has 0 saturated heterocycles. The number of hydrogen-bond donors (Lipinski definition) is 2. The highest BCUT2D eigenvalue weighted by Gasteiger charge is 2.38. The highest BCUT2D eigenvalue weighted by Crippen LogP contribution is 2.32. The molecule has 0 aliphatic rings. The second-order valence-corrected chi connectivity index (χ2v) is 8.98. The number of para-hydroxylation sites is 2. The van der Waals surface area contributed by atoms with Crippen molar-refractivity contribution in [3.8, 4) is 5.75 Å². The summed E-state index contributed by atoms with van der Waals surface area (Å²) in [5, 5.41) is 5.00. The SMILES string of the molecule is COc1ccc([C@H](C(=O)NC(C)(C)C)N(C(=O)C(=O)Nc2ccccc2F)c2ccccc2F)cc1. The average Bonchev–Trinajstić information content (AvgIpc) is 2.83. The molecule has 2 N–H and O–H groups in total. The minimum atomic E-state index is -1.44. The summed E-state index contributed by atoms with van der Waals surface area (Å²) in [6.07, 6.45) is 0. The Morgan fingerprint density at radius 1 is 0.861 bits per heavy atom. The summed E-state index contributed by atoms with van der Waals surface area (Å²) in [5.41, 5.74) is -0.936. The highest BCUT2D eigenvalue weighted by molar-refractivity contribution is 6.45. The van der Waals surface area contributed by atoms with Crippen LogP contribution >= 0.6 is 0 Å². The summed E-state index contributed by atoms with van der Waals surface area (Å²) >= 11 is 0. The van der Waals surface area contributed by atoms with Crippen LogP contribution in [0.4, 0.5) is 20.2 Å². The van der Waals surface area contributed by atoms with Gasteiger partial charge in [0.2, 0.25) is 5.91 Å². The Kier molecular flexibility index (Phi) is 8.03. The largest absolute Gasteiger partial charge is 0.497 e.